The van der Waals surface area contributed by atoms with Crippen molar-refractivity contribution in [2.24, 2.45) is 0 Å². The molecule has 1 fully saturated rings. The van der Waals surface area contributed by atoms with E-state index in [1.165, 1.54) is 11.1 Å². The van der Waals surface area contributed by atoms with Gasteiger partial charge in [0.25, 0.3) is 0 Å². The van der Waals surface area contributed by atoms with Crippen LogP contribution in [0.5, 0.6) is 11.5 Å². The first-order valence-corrected chi connectivity index (χ1v) is 9.85. The highest BCUT2D eigenvalue weighted by Crippen LogP contribution is 2.35. The molecule has 5 nitrogen and oxygen atoms in total. The van der Waals surface area contributed by atoms with Gasteiger partial charge in [0.15, 0.2) is 23.9 Å². The number of nitriles is 1. The lowest BCUT2D eigenvalue weighted by Gasteiger charge is -2.25. The number of ether oxygens (including phenoxy) is 4. The van der Waals surface area contributed by atoms with E-state index in [4.69, 9.17) is 18.9 Å². The third-order valence-electron chi connectivity index (χ3n) is 5.34. The van der Waals surface area contributed by atoms with E-state index in [0.717, 1.165) is 37.7 Å². The fraction of sp³-hybridized carbons (Fsp3) is 0.435. The van der Waals surface area contributed by atoms with Gasteiger partial charge in [0, 0.05) is 19.4 Å². The highest BCUT2D eigenvalue weighted by molar-refractivity contribution is 5.45. The molecule has 0 radical (unpaired) electrons. The Morgan fingerprint density at radius 1 is 1.07 bits per heavy atom. The zero-order valence-electron chi connectivity index (χ0n) is 16.1. The summed E-state index contributed by atoms with van der Waals surface area (Å²) in [6.45, 7) is 0.683. The highest BCUT2D eigenvalue weighted by atomic mass is 16.7. The van der Waals surface area contributed by atoms with Crippen LogP contribution in [-0.4, -0.2) is 26.1 Å². The molecule has 0 bridgehead atoms. The minimum atomic E-state index is -0.697. The van der Waals surface area contributed by atoms with Gasteiger partial charge in [-0.05, 0) is 48.1 Å². The molecule has 0 N–H and O–H groups in total. The van der Waals surface area contributed by atoms with Gasteiger partial charge >= 0.3 is 0 Å². The molecule has 1 aliphatic carbocycles. The van der Waals surface area contributed by atoms with Gasteiger partial charge < -0.3 is 18.9 Å². The van der Waals surface area contributed by atoms with Crippen LogP contribution in [0.4, 0.5) is 0 Å². The maximum atomic E-state index is 9.63. The summed E-state index contributed by atoms with van der Waals surface area (Å²) in [6.07, 6.45) is 3.70. The summed E-state index contributed by atoms with van der Waals surface area (Å²) in [7, 11) is 1.62. The molecule has 2 aliphatic rings. The van der Waals surface area contributed by atoms with E-state index >= 15 is 0 Å². The van der Waals surface area contributed by atoms with Crippen molar-refractivity contribution >= 4 is 0 Å². The SMILES string of the molecule is COc1ccc(C(C#N)OC2CCCCO2)cc1OC1Cc2ccccc2C1. The second-order valence-corrected chi connectivity index (χ2v) is 7.27. The smallest absolute Gasteiger partial charge is 0.172 e. The third kappa shape index (κ3) is 4.14. The lowest BCUT2D eigenvalue weighted by molar-refractivity contribution is -0.178. The van der Waals surface area contributed by atoms with Crippen LogP contribution in [0, 0.1) is 11.3 Å². The van der Waals surface area contributed by atoms with E-state index in [0.29, 0.717) is 18.1 Å². The average Bonchev–Trinajstić information content (AvgIpc) is 3.15. The van der Waals surface area contributed by atoms with Crippen molar-refractivity contribution in [1.82, 2.24) is 0 Å². The van der Waals surface area contributed by atoms with Gasteiger partial charge in [-0.3, -0.25) is 0 Å². The first-order valence-electron chi connectivity index (χ1n) is 9.85. The molecular formula is C23H25NO4. The topological polar surface area (TPSA) is 60.7 Å². The fourth-order valence-corrected chi connectivity index (χ4v) is 3.88. The molecular weight excluding hydrogens is 354 g/mol. The number of hydrogen-bond donors (Lipinski definition) is 0. The van der Waals surface area contributed by atoms with Gasteiger partial charge in [0.1, 0.15) is 6.10 Å². The summed E-state index contributed by atoms with van der Waals surface area (Å²) in [4.78, 5) is 0. The second kappa shape index (κ2) is 8.64. The van der Waals surface area contributed by atoms with Crippen molar-refractivity contribution in [3.63, 3.8) is 0 Å². The molecule has 0 spiro atoms. The third-order valence-corrected chi connectivity index (χ3v) is 5.34. The van der Waals surface area contributed by atoms with Crippen LogP contribution in [-0.2, 0) is 22.3 Å². The van der Waals surface area contributed by atoms with Crippen LogP contribution in [0.15, 0.2) is 42.5 Å². The lowest BCUT2D eigenvalue weighted by Crippen LogP contribution is -2.24. The first kappa shape index (κ1) is 18.8. The van der Waals surface area contributed by atoms with Crippen LogP contribution in [0.25, 0.3) is 0 Å². The molecule has 0 amide bonds. The number of nitrogens with zero attached hydrogens (tertiary/aromatic N) is 1. The van der Waals surface area contributed by atoms with E-state index < -0.39 is 6.10 Å². The molecule has 2 unspecified atom stereocenters. The maximum absolute atomic E-state index is 9.63. The average molecular weight is 379 g/mol. The predicted molar refractivity (Wildman–Crippen MR) is 104 cm³/mol. The lowest BCUT2D eigenvalue weighted by atomic mass is 10.1. The van der Waals surface area contributed by atoms with Gasteiger partial charge in [-0.1, -0.05) is 30.3 Å². The molecule has 2 atom stereocenters. The number of fused-ring (bicyclic) bond motifs is 1. The molecule has 1 aliphatic heterocycles. The quantitative estimate of drug-likeness (QED) is 0.747. The van der Waals surface area contributed by atoms with E-state index in [1.807, 2.05) is 18.2 Å². The van der Waals surface area contributed by atoms with Crippen molar-refractivity contribution in [3.8, 4) is 17.6 Å². The van der Waals surface area contributed by atoms with Crippen LogP contribution in [0.3, 0.4) is 0 Å². The molecule has 2 aromatic carbocycles. The summed E-state index contributed by atoms with van der Waals surface area (Å²) < 4.78 is 23.3. The van der Waals surface area contributed by atoms with Crippen LogP contribution in [0.1, 0.15) is 42.1 Å². The van der Waals surface area contributed by atoms with Crippen molar-refractivity contribution < 1.29 is 18.9 Å². The number of rotatable bonds is 6. The Morgan fingerprint density at radius 2 is 1.86 bits per heavy atom. The minimum absolute atomic E-state index is 0.0599. The standard InChI is InChI=1S/C23H25NO4/c1-25-20-10-9-18(22(15-24)28-23-8-4-5-11-26-23)14-21(20)27-19-12-16-6-2-3-7-17(16)13-19/h2-3,6-7,9-10,14,19,22-23H,4-5,8,11-13H2,1H3. The number of hydrogen-bond acceptors (Lipinski definition) is 5. The number of benzene rings is 2. The molecule has 0 aromatic heterocycles. The summed E-state index contributed by atoms with van der Waals surface area (Å²) in [5.74, 6) is 1.30. The molecule has 2 aromatic rings. The zero-order valence-corrected chi connectivity index (χ0v) is 16.1. The van der Waals surface area contributed by atoms with Crippen LogP contribution in [0.2, 0.25) is 0 Å². The summed E-state index contributed by atoms with van der Waals surface area (Å²) in [5, 5.41) is 9.63. The monoisotopic (exact) mass is 379 g/mol. The maximum Gasteiger partial charge on any atom is 0.172 e. The summed E-state index contributed by atoms with van der Waals surface area (Å²) >= 11 is 0. The van der Waals surface area contributed by atoms with Crippen molar-refractivity contribution in [1.29, 1.82) is 5.26 Å². The molecule has 146 valence electrons. The van der Waals surface area contributed by atoms with E-state index in [1.54, 1.807) is 7.11 Å². The predicted octanol–water partition coefficient (Wildman–Crippen LogP) is 4.35. The molecule has 28 heavy (non-hydrogen) atoms. The Kier molecular flexibility index (Phi) is 5.80. The molecule has 5 heteroatoms. The molecule has 0 saturated carbocycles. The fourth-order valence-electron chi connectivity index (χ4n) is 3.88. The Morgan fingerprint density at radius 3 is 2.50 bits per heavy atom. The first-order chi connectivity index (χ1) is 13.8. The highest BCUT2D eigenvalue weighted by Gasteiger charge is 2.25. The van der Waals surface area contributed by atoms with E-state index in [9.17, 15) is 5.26 Å². The Balaban J connectivity index is 1.50. The molecule has 1 heterocycles. The summed E-state index contributed by atoms with van der Waals surface area (Å²) in [6, 6.07) is 16.2. The van der Waals surface area contributed by atoms with Crippen LogP contribution >= 0.6 is 0 Å². The Labute approximate surface area is 165 Å². The normalized spacial score (nSPS) is 20.2. The molecule has 4 rings (SSSR count). The number of methoxy groups -OCH3 is 1. The van der Waals surface area contributed by atoms with Crippen LogP contribution < -0.4 is 9.47 Å². The van der Waals surface area contributed by atoms with Gasteiger partial charge in [-0.2, -0.15) is 5.26 Å². The largest absolute Gasteiger partial charge is 0.493 e. The molecule has 1 saturated heterocycles. The zero-order chi connectivity index (χ0) is 19.3. The van der Waals surface area contributed by atoms with Gasteiger partial charge in [-0.15, -0.1) is 0 Å². The Hall–Kier alpha value is -2.55. The Bertz CT molecular complexity index is 829. The van der Waals surface area contributed by atoms with Crippen molar-refractivity contribution in [3.05, 3.63) is 59.2 Å². The van der Waals surface area contributed by atoms with Gasteiger partial charge in [0.2, 0.25) is 0 Å². The van der Waals surface area contributed by atoms with Gasteiger partial charge in [0.05, 0.1) is 13.2 Å². The minimum Gasteiger partial charge on any atom is -0.493 e. The van der Waals surface area contributed by atoms with E-state index in [2.05, 4.69) is 30.3 Å². The van der Waals surface area contributed by atoms with Crippen molar-refractivity contribution in [2.75, 3.05) is 13.7 Å². The summed E-state index contributed by atoms with van der Waals surface area (Å²) in [5.41, 5.74) is 3.41. The van der Waals surface area contributed by atoms with Crippen molar-refractivity contribution in [2.45, 2.75) is 50.6 Å². The van der Waals surface area contributed by atoms with E-state index in [-0.39, 0.29) is 12.4 Å². The second-order valence-electron chi connectivity index (χ2n) is 7.27. The van der Waals surface area contributed by atoms with Gasteiger partial charge in [-0.25, -0.2) is 0 Å².